The molecule has 0 radical (unpaired) electrons. The second-order valence-electron chi connectivity index (χ2n) is 5.22. The van der Waals surface area contributed by atoms with Crippen LogP contribution in [0.15, 0.2) is 61.2 Å². The molecule has 0 unspecified atom stereocenters. The number of halogens is 2. The van der Waals surface area contributed by atoms with Crippen molar-refractivity contribution in [3.8, 4) is 17.2 Å². The molecule has 3 aromatic rings. The molecule has 1 heterocycles. The van der Waals surface area contributed by atoms with Gasteiger partial charge < -0.3 is 19.4 Å². The standard InChI is InChI=1S/C18H15F2N3O3/c1-25-15-7-4-13(10-16(15)26-18(19)20)22-17(24)12-2-5-14(6-3-12)23-9-8-21-11-23/h2-11,18H,1H3,(H,22,24). The van der Waals surface area contributed by atoms with Crippen LogP contribution >= 0.6 is 0 Å². The van der Waals surface area contributed by atoms with E-state index in [0.717, 1.165) is 5.69 Å². The van der Waals surface area contributed by atoms with Gasteiger partial charge in [0.2, 0.25) is 0 Å². The number of nitrogens with one attached hydrogen (secondary N) is 1. The minimum Gasteiger partial charge on any atom is -0.493 e. The van der Waals surface area contributed by atoms with E-state index < -0.39 is 6.61 Å². The van der Waals surface area contributed by atoms with Crippen LogP contribution < -0.4 is 14.8 Å². The molecular formula is C18H15F2N3O3. The van der Waals surface area contributed by atoms with Crippen molar-refractivity contribution in [2.75, 3.05) is 12.4 Å². The molecule has 134 valence electrons. The van der Waals surface area contributed by atoms with Crippen molar-refractivity contribution in [1.29, 1.82) is 0 Å². The Morgan fingerprint density at radius 2 is 1.92 bits per heavy atom. The monoisotopic (exact) mass is 359 g/mol. The minimum atomic E-state index is -2.99. The summed E-state index contributed by atoms with van der Waals surface area (Å²) in [5.74, 6) is -0.390. The lowest BCUT2D eigenvalue weighted by atomic mass is 10.2. The molecule has 1 aromatic heterocycles. The minimum absolute atomic E-state index is 0.146. The normalized spacial score (nSPS) is 10.6. The van der Waals surface area contributed by atoms with Crippen LogP contribution in [-0.4, -0.2) is 29.2 Å². The summed E-state index contributed by atoms with van der Waals surface area (Å²) in [6.45, 7) is -2.99. The molecule has 0 fully saturated rings. The summed E-state index contributed by atoms with van der Waals surface area (Å²) in [5.41, 5.74) is 1.59. The maximum absolute atomic E-state index is 12.5. The largest absolute Gasteiger partial charge is 0.493 e. The molecule has 0 spiro atoms. The molecule has 26 heavy (non-hydrogen) atoms. The number of ether oxygens (including phenoxy) is 2. The molecule has 8 heteroatoms. The van der Waals surface area contributed by atoms with Crippen molar-refractivity contribution in [2.24, 2.45) is 0 Å². The van der Waals surface area contributed by atoms with Gasteiger partial charge in [-0.3, -0.25) is 4.79 Å². The summed E-state index contributed by atoms with van der Waals surface area (Å²) >= 11 is 0. The summed E-state index contributed by atoms with van der Waals surface area (Å²) in [6.07, 6.45) is 5.09. The fourth-order valence-electron chi connectivity index (χ4n) is 2.34. The third kappa shape index (κ3) is 3.97. The smallest absolute Gasteiger partial charge is 0.387 e. The lowest BCUT2D eigenvalue weighted by molar-refractivity contribution is -0.0511. The number of anilines is 1. The van der Waals surface area contributed by atoms with Crippen LogP contribution in [0, 0.1) is 0 Å². The van der Waals surface area contributed by atoms with Crippen molar-refractivity contribution >= 4 is 11.6 Å². The Morgan fingerprint density at radius 1 is 1.15 bits per heavy atom. The molecule has 0 saturated heterocycles. The molecule has 1 amide bonds. The number of aromatic nitrogens is 2. The number of hydrogen-bond donors (Lipinski definition) is 1. The number of rotatable bonds is 6. The fraction of sp³-hybridized carbons (Fsp3) is 0.111. The number of nitrogens with zero attached hydrogens (tertiary/aromatic N) is 2. The first-order valence-electron chi connectivity index (χ1n) is 7.59. The Balaban J connectivity index is 1.75. The predicted molar refractivity (Wildman–Crippen MR) is 91.1 cm³/mol. The second kappa shape index (κ2) is 7.64. The molecule has 0 atom stereocenters. The van der Waals surface area contributed by atoms with Crippen molar-refractivity contribution in [1.82, 2.24) is 9.55 Å². The van der Waals surface area contributed by atoms with Gasteiger partial charge in [-0.2, -0.15) is 8.78 Å². The zero-order valence-corrected chi connectivity index (χ0v) is 13.7. The molecule has 0 bridgehead atoms. The van der Waals surface area contributed by atoms with Crippen LogP contribution in [-0.2, 0) is 0 Å². The maximum Gasteiger partial charge on any atom is 0.387 e. The average Bonchev–Trinajstić information content (AvgIpc) is 3.16. The highest BCUT2D eigenvalue weighted by Gasteiger charge is 2.13. The van der Waals surface area contributed by atoms with E-state index in [1.807, 2.05) is 0 Å². The maximum atomic E-state index is 12.5. The molecule has 1 N–H and O–H groups in total. The summed E-state index contributed by atoms with van der Waals surface area (Å²) in [7, 11) is 1.34. The molecule has 3 rings (SSSR count). The molecule has 0 aliphatic carbocycles. The highest BCUT2D eigenvalue weighted by atomic mass is 19.3. The van der Waals surface area contributed by atoms with Crippen molar-refractivity contribution in [3.63, 3.8) is 0 Å². The molecular weight excluding hydrogens is 344 g/mol. The predicted octanol–water partition coefficient (Wildman–Crippen LogP) is 3.73. The number of benzene rings is 2. The topological polar surface area (TPSA) is 65.4 Å². The summed E-state index contributed by atoms with van der Waals surface area (Å²) in [4.78, 5) is 16.3. The van der Waals surface area contributed by atoms with Gasteiger partial charge in [0, 0.05) is 35.4 Å². The third-order valence-electron chi connectivity index (χ3n) is 3.57. The number of methoxy groups -OCH3 is 1. The zero-order valence-electron chi connectivity index (χ0n) is 13.7. The average molecular weight is 359 g/mol. The number of alkyl halides is 2. The van der Waals surface area contributed by atoms with Crippen LogP contribution in [0.4, 0.5) is 14.5 Å². The molecule has 0 aliphatic rings. The zero-order chi connectivity index (χ0) is 18.5. The van der Waals surface area contributed by atoms with Gasteiger partial charge in [-0.25, -0.2) is 4.98 Å². The first-order valence-corrected chi connectivity index (χ1v) is 7.59. The van der Waals surface area contributed by atoms with Gasteiger partial charge in [-0.15, -0.1) is 0 Å². The van der Waals surface area contributed by atoms with Crippen molar-refractivity contribution < 1.29 is 23.0 Å². The van der Waals surface area contributed by atoms with Gasteiger partial charge in [0.25, 0.3) is 5.91 Å². The highest BCUT2D eigenvalue weighted by Crippen LogP contribution is 2.31. The molecule has 0 saturated carbocycles. The number of carbonyl (C=O) groups excluding carboxylic acids is 1. The number of imidazole rings is 1. The summed E-state index contributed by atoms with van der Waals surface area (Å²) in [6, 6.07) is 11.1. The Morgan fingerprint density at radius 3 is 2.54 bits per heavy atom. The van der Waals surface area contributed by atoms with E-state index in [4.69, 9.17) is 4.74 Å². The number of hydrogen-bond acceptors (Lipinski definition) is 4. The Bertz CT molecular complexity index is 881. The number of carbonyl (C=O) groups is 1. The number of amides is 1. The first kappa shape index (κ1) is 17.4. The summed E-state index contributed by atoms with van der Waals surface area (Å²) in [5, 5.41) is 2.64. The third-order valence-corrected chi connectivity index (χ3v) is 3.57. The van der Waals surface area contributed by atoms with Gasteiger partial charge >= 0.3 is 6.61 Å². The molecule has 6 nitrogen and oxygen atoms in total. The van der Waals surface area contributed by atoms with E-state index >= 15 is 0 Å². The quantitative estimate of drug-likeness (QED) is 0.728. The molecule has 0 aliphatic heterocycles. The van der Waals surface area contributed by atoms with Crippen LogP contribution in [0.25, 0.3) is 5.69 Å². The lowest BCUT2D eigenvalue weighted by Gasteiger charge is -2.12. The highest BCUT2D eigenvalue weighted by molar-refractivity contribution is 6.04. The van der Waals surface area contributed by atoms with Crippen molar-refractivity contribution in [2.45, 2.75) is 6.61 Å². The van der Waals surface area contributed by atoms with Crippen LogP contribution in [0.1, 0.15) is 10.4 Å². The van der Waals surface area contributed by atoms with Gasteiger partial charge in [-0.05, 0) is 36.4 Å². The Kier molecular flexibility index (Phi) is 5.12. The van der Waals surface area contributed by atoms with Gasteiger partial charge in [0.1, 0.15) is 0 Å². The Labute approximate surface area is 148 Å². The van der Waals surface area contributed by atoms with E-state index in [0.29, 0.717) is 11.3 Å². The van der Waals surface area contributed by atoms with Crippen LogP contribution in [0.5, 0.6) is 11.5 Å². The Hall–Kier alpha value is -3.42. The SMILES string of the molecule is COc1ccc(NC(=O)c2ccc(-n3ccnc3)cc2)cc1OC(F)F. The van der Waals surface area contributed by atoms with E-state index in [1.165, 1.54) is 25.3 Å². The second-order valence-corrected chi connectivity index (χ2v) is 5.22. The fourth-order valence-corrected chi connectivity index (χ4v) is 2.34. The van der Waals surface area contributed by atoms with E-state index in [9.17, 15) is 13.6 Å². The lowest BCUT2D eigenvalue weighted by Crippen LogP contribution is -2.12. The molecule has 2 aromatic carbocycles. The van der Waals surface area contributed by atoms with E-state index in [2.05, 4.69) is 15.0 Å². The van der Waals surface area contributed by atoms with E-state index in [1.54, 1.807) is 47.6 Å². The summed E-state index contributed by atoms with van der Waals surface area (Å²) < 4.78 is 36.1. The van der Waals surface area contributed by atoms with Crippen molar-refractivity contribution in [3.05, 3.63) is 66.7 Å². The van der Waals surface area contributed by atoms with Crippen LogP contribution in [0.3, 0.4) is 0 Å². The van der Waals surface area contributed by atoms with Gasteiger partial charge in [-0.1, -0.05) is 0 Å². The van der Waals surface area contributed by atoms with Gasteiger partial charge in [0.15, 0.2) is 11.5 Å². The van der Waals surface area contributed by atoms with Crippen LogP contribution in [0.2, 0.25) is 0 Å². The van der Waals surface area contributed by atoms with Gasteiger partial charge in [0.05, 0.1) is 13.4 Å². The van der Waals surface area contributed by atoms with E-state index in [-0.39, 0.29) is 17.4 Å². The first-order chi connectivity index (χ1) is 12.6.